The average Bonchev–Trinajstić information content (AvgIpc) is 2.88. The quantitative estimate of drug-likeness (QED) is 0.277. The lowest BCUT2D eigenvalue weighted by atomic mass is 10.1. The van der Waals surface area contributed by atoms with Crippen LogP contribution in [0.2, 0.25) is 5.02 Å². The molecule has 0 spiro atoms. The number of nitrogens with zero attached hydrogens (tertiary/aromatic N) is 3. The third-order valence-electron chi connectivity index (χ3n) is 5.92. The molecule has 1 heterocycles. The predicted octanol–water partition coefficient (Wildman–Crippen LogP) is 4.04. The van der Waals surface area contributed by atoms with Gasteiger partial charge in [-0.2, -0.15) is 0 Å². The second-order valence-corrected chi connectivity index (χ2v) is 8.99. The number of ether oxygens (including phenoxy) is 2. The summed E-state index contributed by atoms with van der Waals surface area (Å²) in [7, 11) is 2.84. The summed E-state index contributed by atoms with van der Waals surface area (Å²) in [6.07, 6.45) is 0.801. The highest BCUT2D eigenvalue weighted by Crippen LogP contribution is 2.28. The molecule has 0 saturated carbocycles. The molecule has 194 valence electrons. The summed E-state index contributed by atoms with van der Waals surface area (Å²) in [4.78, 5) is 41.0. The van der Waals surface area contributed by atoms with Crippen LogP contribution in [0, 0.1) is 5.92 Å². The molecule has 0 bridgehead atoms. The number of carbonyl (C=O) groups is 3. The zero-order valence-corrected chi connectivity index (χ0v) is 21.6. The molecule has 2 aromatic rings. The second-order valence-electron chi connectivity index (χ2n) is 8.56. The van der Waals surface area contributed by atoms with Crippen molar-refractivity contribution in [3.05, 3.63) is 58.6 Å². The van der Waals surface area contributed by atoms with Gasteiger partial charge >= 0.3 is 18.0 Å². The molecule has 0 aliphatic carbocycles. The number of benzene rings is 2. The van der Waals surface area contributed by atoms with E-state index in [0.29, 0.717) is 16.5 Å². The van der Waals surface area contributed by atoms with Gasteiger partial charge in [-0.15, -0.1) is 0 Å². The maximum absolute atomic E-state index is 13.6. The Hall–Kier alpha value is -3.50. The van der Waals surface area contributed by atoms with Gasteiger partial charge in [-0.25, -0.2) is 25.3 Å². The van der Waals surface area contributed by atoms with E-state index in [0.717, 1.165) is 33.9 Å². The normalized spacial score (nSPS) is 16.7. The molecule has 0 radical (unpaired) electrons. The molecule has 2 aromatic carbocycles. The third kappa shape index (κ3) is 6.00. The minimum absolute atomic E-state index is 0.128. The Labute approximate surface area is 215 Å². The lowest BCUT2D eigenvalue weighted by Gasteiger charge is -2.45. The molecule has 1 saturated heterocycles. The van der Waals surface area contributed by atoms with E-state index in [2.05, 4.69) is 12.2 Å². The van der Waals surface area contributed by atoms with E-state index in [1.165, 1.54) is 12.0 Å². The van der Waals surface area contributed by atoms with Crippen LogP contribution >= 0.6 is 11.6 Å². The number of anilines is 1. The molecule has 11 heteroatoms. The Balaban J connectivity index is 1.94. The van der Waals surface area contributed by atoms with Crippen LogP contribution in [0.1, 0.15) is 31.4 Å². The van der Waals surface area contributed by atoms with E-state index < -0.39 is 30.2 Å². The highest BCUT2D eigenvalue weighted by atomic mass is 35.5. The Bertz CT molecular complexity index is 1100. The number of esters is 1. The van der Waals surface area contributed by atoms with Crippen molar-refractivity contribution >= 4 is 35.3 Å². The third-order valence-corrected chi connectivity index (χ3v) is 6.17. The number of aryl methyl sites for hydroxylation is 1. The van der Waals surface area contributed by atoms with Gasteiger partial charge in [-0.1, -0.05) is 50.1 Å². The van der Waals surface area contributed by atoms with Gasteiger partial charge in [0.05, 0.1) is 26.7 Å². The number of rotatable bonds is 10. The monoisotopic (exact) mass is 517 g/mol. The number of methoxy groups -OCH3 is 2. The fourth-order valence-electron chi connectivity index (χ4n) is 3.99. The number of carbonyl (C=O) groups excluding carboxylic acids is 3. The highest BCUT2D eigenvalue weighted by molar-refractivity contribution is 6.30. The van der Waals surface area contributed by atoms with E-state index in [9.17, 15) is 14.4 Å². The average molecular weight is 518 g/mol. The molecule has 36 heavy (non-hydrogen) atoms. The predicted molar refractivity (Wildman–Crippen MR) is 136 cm³/mol. The van der Waals surface area contributed by atoms with Crippen LogP contribution in [0.3, 0.4) is 0 Å². The number of hydrogen-bond acceptors (Lipinski definition) is 7. The van der Waals surface area contributed by atoms with E-state index in [4.69, 9.17) is 26.9 Å². The van der Waals surface area contributed by atoms with E-state index in [1.54, 1.807) is 44.4 Å². The van der Waals surface area contributed by atoms with Crippen LogP contribution < -0.4 is 15.9 Å². The summed E-state index contributed by atoms with van der Waals surface area (Å²) in [5.41, 5.74) is 2.44. The van der Waals surface area contributed by atoms with Crippen molar-refractivity contribution in [3.63, 3.8) is 0 Å². The SMILES string of the molecule is CCCc1ccc(NC2N(N)C(=O)N(C[C@H](C)C(=O)OC)C(=O)N2Cc2ccc(Cl)cc2)cc1OC. The maximum atomic E-state index is 13.6. The molecule has 10 nitrogen and oxygen atoms in total. The summed E-state index contributed by atoms with van der Waals surface area (Å²) >= 11 is 6.02. The van der Waals surface area contributed by atoms with Crippen LogP contribution in [0.15, 0.2) is 42.5 Å². The van der Waals surface area contributed by atoms with Crippen molar-refractivity contribution in [1.29, 1.82) is 0 Å². The summed E-state index contributed by atoms with van der Waals surface area (Å²) in [5.74, 6) is 5.67. The number of hydrogen-bond donors (Lipinski definition) is 2. The molecular formula is C25H32ClN5O5. The van der Waals surface area contributed by atoms with Gasteiger partial charge in [0.1, 0.15) is 5.75 Å². The number of nitrogens with one attached hydrogen (secondary N) is 1. The minimum atomic E-state index is -1.01. The molecule has 1 aliphatic heterocycles. The van der Waals surface area contributed by atoms with Crippen LogP contribution in [-0.2, 0) is 22.5 Å². The summed E-state index contributed by atoms with van der Waals surface area (Å²) in [5, 5.41) is 4.68. The largest absolute Gasteiger partial charge is 0.496 e. The first-order valence-electron chi connectivity index (χ1n) is 11.6. The Morgan fingerprint density at radius 3 is 2.44 bits per heavy atom. The number of halogens is 1. The lowest BCUT2D eigenvalue weighted by Crippen LogP contribution is -2.70. The van der Waals surface area contributed by atoms with Crippen molar-refractivity contribution in [2.75, 3.05) is 26.1 Å². The molecular weight excluding hydrogens is 486 g/mol. The molecule has 2 atom stereocenters. The Kier molecular flexibility index (Phi) is 9.00. The van der Waals surface area contributed by atoms with Gasteiger partial charge in [0.2, 0.25) is 6.29 Å². The molecule has 1 aliphatic rings. The molecule has 0 aromatic heterocycles. The molecule has 1 unspecified atom stereocenters. The molecule has 3 N–H and O–H groups in total. The lowest BCUT2D eigenvalue weighted by molar-refractivity contribution is -0.145. The van der Waals surface area contributed by atoms with Crippen LogP contribution in [-0.4, -0.2) is 59.9 Å². The van der Waals surface area contributed by atoms with Crippen molar-refractivity contribution < 1.29 is 23.9 Å². The molecule has 1 fully saturated rings. The summed E-state index contributed by atoms with van der Waals surface area (Å²) < 4.78 is 10.3. The van der Waals surface area contributed by atoms with Crippen LogP contribution in [0.25, 0.3) is 0 Å². The summed E-state index contributed by atoms with van der Waals surface area (Å²) in [6, 6.07) is 11.3. The van der Waals surface area contributed by atoms with Crippen LogP contribution in [0.5, 0.6) is 5.75 Å². The van der Waals surface area contributed by atoms with Gasteiger partial charge < -0.3 is 14.8 Å². The number of imide groups is 1. The topological polar surface area (TPSA) is 117 Å². The van der Waals surface area contributed by atoms with Crippen molar-refractivity contribution in [2.24, 2.45) is 11.8 Å². The van der Waals surface area contributed by atoms with Gasteiger partial charge in [0, 0.05) is 23.3 Å². The van der Waals surface area contributed by atoms with Gasteiger partial charge in [0.25, 0.3) is 0 Å². The Morgan fingerprint density at radius 2 is 1.83 bits per heavy atom. The van der Waals surface area contributed by atoms with E-state index >= 15 is 0 Å². The van der Waals surface area contributed by atoms with Crippen molar-refractivity contribution in [3.8, 4) is 5.75 Å². The number of nitrogens with two attached hydrogens (primary N) is 1. The van der Waals surface area contributed by atoms with Crippen molar-refractivity contribution in [2.45, 2.75) is 39.5 Å². The van der Waals surface area contributed by atoms with Gasteiger partial charge in [-0.3, -0.25) is 9.69 Å². The first-order valence-corrected chi connectivity index (χ1v) is 12.0. The zero-order chi connectivity index (χ0) is 26.4. The fourth-order valence-corrected chi connectivity index (χ4v) is 4.11. The number of urea groups is 2. The standard InChI is InChI=1S/C25H32ClN5O5/c1-5-6-18-9-12-20(13-21(18)35-3)28-23-29(15-17-7-10-19(26)11-8-17)24(33)30(25(34)31(23)27)14-16(2)22(32)36-4/h7-13,16,23,28H,5-6,14-15,27H2,1-4H3/t16-,23?/m0/s1. The summed E-state index contributed by atoms with van der Waals surface area (Å²) in [6.45, 7) is 3.61. The smallest absolute Gasteiger partial charge is 0.345 e. The number of hydrazine groups is 1. The molecule has 4 amide bonds. The first-order chi connectivity index (χ1) is 17.2. The van der Waals surface area contributed by atoms with Crippen LogP contribution in [0.4, 0.5) is 15.3 Å². The fraction of sp³-hybridized carbons (Fsp3) is 0.400. The number of amides is 4. The first kappa shape index (κ1) is 27.1. The second kappa shape index (κ2) is 12.0. The highest BCUT2D eigenvalue weighted by Gasteiger charge is 2.44. The van der Waals surface area contributed by atoms with Crippen molar-refractivity contribution in [1.82, 2.24) is 14.8 Å². The minimum Gasteiger partial charge on any atom is -0.496 e. The van der Waals surface area contributed by atoms with E-state index in [-0.39, 0.29) is 13.1 Å². The van der Waals surface area contributed by atoms with Gasteiger partial charge in [-0.05, 0) is 35.7 Å². The zero-order valence-electron chi connectivity index (χ0n) is 20.9. The molecule has 3 rings (SSSR count). The van der Waals surface area contributed by atoms with E-state index in [1.807, 2.05) is 12.1 Å². The maximum Gasteiger partial charge on any atom is 0.345 e. The van der Waals surface area contributed by atoms with Gasteiger partial charge in [0.15, 0.2) is 0 Å². The Morgan fingerprint density at radius 1 is 1.14 bits per heavy atom.